The number of nitrogens with one attached hydrogen (secondary N) is 1. The van der Waals surface area contributed by atoms with Crippen LogP contribution in [0.25, 0.3) is 0 Å². The number of hydrogen-bond donors (Lipinski definition) is 1. The van der Waals surface area contributed by atoms with Gasteiger partial charge in [-0.2, -0.15) is 0 Å². The molecule has 2 nitrogen and oxygen atoms in total. The predicted molar refractivity (Wildman–Crippen MR) is 68.8 cm³/mol. The summed E-state index contributed by atoms with van der Waals surface area (Å²) in [4.78, 5) is 2.18. The van der Waals surface area contributed by atoms with Gasteiger partial charge in [-0.05, 0) is 57.2 Å². The van der Waals surface area contributed by atoms with E-state index in [1.165, 1.54) is 6.07 Å². The zero-order chi connectivity index (χ0) is 12.4. The molecule has 1 saturated heterocycles. The minimum atomic E-state index is -0.350. The van der Waals surface area contributed by atoms with Crippen molar-refractivity contribution in [3.8, 4) is 0 Å². The normalized spacial score (nSPS) is 22.1. The second kappa shape index (κ2) is 5.34. The second-order valence-electron chi connectivity index (χ2n) is 4.83. The molecule has 0 aromatic heterocycles. The van der Waals surface area contributed by atoms with Crippen molar-refractivity contribution in [2.45, 2.75) is 12.5 Å². The largest absolute Gasteiger partial charge is 0.316 e. The van der Waals surface area contributed by atoms with Gasteiger partial charge in [0, 0.05) is 6.04 Å². The minimum absolute atomic E-state index is 0.209. The summed E-state index contributed by atoms with van der Waals surface area (Å²) in [6.07, 6.45) is 1.15. The third kappa shape index (κ3) is 2.79. The molecule has 0 amide bonds. The van der Waals surface area contributed by atoms with E-state index in [1.54, 1.807) is 6.07 Å². The molecule has 0 bridgehead atoms. The van der Waals surface area contributed by atoms with Crippen LogP contribution in [0, 0.1) is 11.7 Å². The highest BCUT2D eigenvalue weighted by molar-refractivity contribution is 6.30. The smallest absolute Gasteiger partial charge is 0.141 e. The van der Waals surface area contributed by atoms with Gasteiger partial charge in [0.25, 0.3) is 0 Å². The Morgan fingerprint density at radius 2 is 2.24 bits per heavy atom. The quantitative estimate of drug-likeness (QED) is 0.895. The molecule has 0 aliphatic carbocycles. The molecule has 1 aromatic rings. The Balaban J connectivity index is 2.28. The van der Waals surface area contributed by atoms with Gasteiger partial charge in [-0.25, -0.2) is 4.39 Å². The van der Waals surface area contributed by atoms with E-state index in [-0.39, 0.29) is 10.8 Å². The molecule has 0 saturated carbocycles. The van der Waals surface area contributed by atoms with Gasteiger partial charge in [0.1, 0.15) is 5.82 Å². The van der Waals surface area contributed by atoms with Crippen LogP contribution in [0.1, 0.15) is 18.0 Å². The zero-order valence-corrected chi connectivity index (χ0v) is 11.0. The maximum Gasteiger partial charge on any atom is 0.141 e. The van der Waals surface area contributed by atoms with Crippen molar-refractivity contribution in [2.24, 2.45) is 5.92 Å². The number of hydrogen-bond acceptors (Lipinski definition) is 2. The van der Waals surface area contributed by atoms with E-state index in [2.05, 4.69) is 24.3 Å². The minimum Gasteiger partial charge on any atom is -0.316 e. The standard InChI is InChI=1S/C13H18ClFN2/c1-17(2)13(10-5-6-16-8-10)9-3-4-12(15)11(14)7-9/h3-4,7,10,13,16H,5-6,8H2,1-2H3. The lowest BCUT2D eigenvalue weighted by atomic mass is 9.91. The van der Waals surface area contributed by atoms with E-state index < -0.39 is 0 Å². The van der Waals surface area contributed by atoms with E-state index in [0.29, 0.717) is 12.0 Å². The summed E-state index contributed by atoms with van der Waals surface area (Å²) in [6.45, 7) is 2.07. The van der Waals surface area contributed by atoms with E-state index in [4.69, 9.17) is 11.6 Å². The molecule has 1 N–H and O–H groups in total. The molecule has 1 heterocycles. The lowest BCUT2D eigenvalue weighted by molar-refractivity contribution is 0.223. The molecule has 2 unspecified atom stereocenters. The van der Waals surface area contributed by atoms with Gasteiger partial charge in [-0.15, -0.1) is 0 Å². The molecule has 0 spiro atoms. The van der Waals surface area contributed by atoms with Crippen molar-refractivity contribution in [3.05, 3.63) is 34.6 Å². The van der Waals surface area contributed by atoms with Crippen molar-refractivity contribution >= 4 is 11.6 Å². The first-order valence-electron chi connectivity index (χ1n) is 5.91. The molecular formula is C13H18ClFN2. The Bertz CT molecular complexity index is 389. The Kier molecular flexibility index (Phi) is 4.02. The van der Waals surface area contributed by atoms with Crippen LogP contribution in [0.2, 0.25) is 5.02 Å². The Morgan fingerprint density at radius 3 is 2.76 bits per heavy atom. The molecule has 4 heteroatoms. The van der Waals surface area contributed by atoms with Gasteiger partial charge >= 0.3 is 0 Å². The first-order chi connectivity index (χ1) is 8.09. The molecule has 1 fully saturated rings. The summed E-state index contributed by atoms with van der Waals surface area (Å²) in [5, 5.41) is 3.58. The number of rotatable bonds is 3. The third-order valence-corrected chi connectivity index (χ3v) is 3.68. The number of nitrogens with zero attached hydrogens (tertiary/aromatic N) is 1. The number of halogens is 2. The van der Waals surface area contributed by atoms with Gasteiger partial charge in [0.15, 0.2) is 0 Å². The van der Waals surface area contributed by atoms with Crippen molar-refractivity contribution < 1.29 is 4.39 Å². The second-order valence-corrected chi connectivity index (χ2v) is 5.24. The van der Waals surface area contributed by atoms with Gasteiger partial charge < -0.3 is 10.2 Å². The van der Waals surface area contributed by atoms with Gasteiger partial charge in [0.05, 0.1) is 5.02 Å². The Morgan fingerprint density at radius 1 is 1.47 bits per heavy atom. The predicted octanol–water partition coefficient (Wildman–Crippen LogP) is 2.69. The first kappa shape index (κ1) is 12.8. The average Bonchev–Trinajstić information content (AvgIpc) is 2.76. The molecule has 2 atom stereocenters. The summed E-state index contributed by atoms with van der Waals surface area (Å²) in [6, 6.07) is 5.34. The maximum atomic E-state index is 13.2. The van der Waals surface area contributed by atoms with Crippen molar-refractivity contribution in [1.82, 2.24) is 10.2 Å². The fourth-order valence-electron chi connectivity index (χ4n) is 2.63. The molecular weight excluding hydrogens is 239 g/mol. The van der Waals surface area contributed by atoms with Crippen LogP contribution >= 0.6 is 11.6 Å². The van der Waals surface area contributed by atoms with Crippen LogP contribution < -0.4 is 5.32 Å². The lowest BCUT2D eigenvalue weighted by Crippen LogP contribution is -2.28. The van der Waals surface area contributed by atoms with Crippen LogP contribution in [-0.4, -0.2) is 32.1 Å². The molecule has 1 aliphatic rings. The third-order valence-electron chi connectivity index (χ3n) is 3.39. The summed E-state index contributed by atoms with van der Waals surface area (Å²) in [7, 11) is 4.11. The van der Waals surface area contributed by atoms with Crippen LogP contribution in [0.4, 0.5) is 4.39 Å². The zero-order valence-electron chi connectivity index (χ0n) is 10.2. The maximum absolute atomic E-state index is 13.2. The van der Waals surface area contributed by atoms with Crippen LogP contribution in [0.15, 0.2) is 18.2 Å². The Hall–Kier alpha value is -0.640. The van der Waals surface area contributed by atoms with Crippen molar-refractivity contribution in [3.63, 3.8) is 0 Å². The highest BCUT2D eigenvalue weighted by Crippen LogP contribution is 2.32. The lowest BCUT2D eigenvalue weighted by Gasteiger charge is -2.30. The number of benzene rings is 1. The molecule has 0 radical (unpaired) electrons. The topological polar surface area (TPSA) is 15.3 Å². The van der Waals surface area contributed by atoms with Gasteiger partial charge in [-0.3, -0.25) is 0 Å². The van der Waals surface area contributed by atoms with Crippen molar-refractivity contribution in [1.29, 1.82) is 0 Å². The van der Waals surface area contributed by atoms with E-state index >= 15 is 0 Å². The highest BCUT2D eigenvalue weighted by atomic mass is 35.5. The molecule has 1 aromatic carbocycles. The Labute approximate surface area is 107 Å². The van der Waals surface area contributed by atoms with Gasteiger partial charge in [0.2, 0.25) is 0 Å². The fraction of sp³-hybridized carbons (Fsp3) is 0.538. The summed E-state index contributed by atoms with van der Waals surface area (Å²) >= 11 is 5.86. The summed E-state index contributed by atoms with van der Waals surface area (Å²) < 4.78 is 13.2. The van der Waals surface area contributed by atoms with E-state index in [9.17, 15) is 4.39 Å². The van der Waals surface area contributed by atoms with E-state index in [0.717, 1.165) is 25.1 Å². The van der Waals surface area contributed by atoms with E-state index in [1.807, 2.05) is 6.07 Å². The SMILES string of the molecule is CN(C)C(c1ccc(F)c(Cl)c1)C1CCNC1. The average molecular weight is 257 g/mol. The van der Waals surface area contributed by atoms with Gasteiger partial charge in [-0.1, -0.05) is 17.7 Å². The molecule has 1 aliphatic heterocycles. The summed E-state index contributed by atoms with van der Waals surface area (Å²) in [5.74, 6) is 0.212. The van der Waals surface area contributed by atoms with Crippen LogP contribution in [-0.2, 0) is 0 Å². The summed E-state index contributed by atoms with van der Waals surface area (Å²) in [5.41, 5.74) is 1.09. The van der Waals surface area contributed by atoms with Crippen molar-refractivity contribution in [2.75, 3.05) is 27.2 Å². The van der Waals surface area contributed by atoms with Crippen LogP contribution in [0.5, 0.6) is 0 Å². The first-order valence-corrected chi connectivity index (χ1v) is 6.29. The highest BCUT2D eigenvalue weighted by Gasteiger charge is 2.28. The van der Waals surface area contributed by atoms with Crippen LogP contribution in [0.3, 0.4) is 0 Å². The monoisotopic (exact) mass is 256 g/mol. The molecule has 2 rings (SSSR count). The fourth-order valence-corrected chi connectivity index (χ4v) is 2.82. The molecule has 94 valence electrons. The molecule has 17 heavy (non-hydrogen) atoms.